The van der Waals surface area contributed by atoms with Gasteiger partial charge in [-0.1, -0.05) is 24.1 Å². The van der Waals surface area contributed by atoms with Crippen LogP contribution in [0, 0.1) is 12.8 Å². The molecule has 1 aliphatic rings. The second-order valence-electron chi connectivity index (χ2n) is 5.37. The monoisotopic (exact) mass is 280 g/mol. The molecule has 4 heteroatoms. The van der Waals surface area contributed by atoms with E-state index in [1.807, 2.05) is 31.0 Å². The Morgan fingerprint density at radius 3 is 2.89 bits per heavy atom. The van der Waals surface area contributed by atoms with Crippen molar-refractivity contribution < 1.29 is 4.79 Å². The van der Waals surface area contributed by atoms with Crippen LogP contribution in [-0.4, -0.2) is 30.4 Å². The Hall–Kier alpha value is -1.06. The highest BCUT2D eigenvalue weighted by Crippen LogP contribution is 2.30. The van der Waals surface area contributed by atoms with Crippen molar-refractivity contribution >= 4 is 17.5 Å². The van der Waals surface area contributed by atoms with Crippen LogP contribution in [-0.2, 0) is 0 Å². The maximum atomic E-state index is 12.6. The Morgan fingerprint density at radius 1 is 1.47 bits per heavy atom. The first-order valence-electron chi connectivity index (χ1n) is 6.78. The first kappa shape index (κ1) is 14.4. The molecule has 3 nitrogen and oxygen atoms in total. The third kappa shape index (κ3) is 2.93. The van der Waals surface area contributed by atoms with Gasteiger partial charge in [-0.2, -0.15) is 0 Å². The number of nitrogens with zero attached hydrogens (tertiary/aromatic N) is 1. The lowest BCUT2D eigenvalue weighted by atomic mass is 10.0. The van der Waals surface area contributed by atoms with E-state index in [0.29, 0.717) is 23.0 Å². The van der Waals surface area contributed by atoms with Crippen molar-refractivity contribution in [3.8, 4) is 0 Å². The second-order valence-corrected chi connectivity index (χ2v) is 5.81. The standard InChI is InChI=1S/C15H21ClN2O/c1-10-6-7-12(16)8-13(10)15(19)18(2)14-5-3-4-11(14)9-17/h6-8,11,14H,3-5,9,17H2,1-2H3. The van der Waals surface area contributed by atoms with E-state index in [0.717, 1.165) is 24.8 Å². The fraction of sp³-hybridized carbons (Fsp3) is 0.533. The number of nitrogens with two attached hydrogens (primary N) is 1. The molecule has 0 radical (unpaired) electrons. The molecule has 0 bridgehead atoms. The van der Waals surface area contributed by atoms with Gasteiger partial charge in [0.15, 0.2) is 0 Å². The molecule has 0 spiro atoms. The van der Waals surface area contributed by atoms with Crippen molar-refractivity contribution in [2.75, 3.05) is 13.6 Å². The zero-order valence-corrected chi connectivity index (χ0v) is 12.3. The molecule has 0 aromatic heterocycles. The minimum Gasteiger partial charge on any atom is -0.338 e. The molecule has 0 aliphatic heterocycles. The molecule has 1 amide bonds. The predicted octanol–water partition coefficient (Wildman–Crippen LogP) is 2.85. The quantitative estimate of drug-likeness (QED) is 0.925. The summed E-state index contributed by atoms with van der Waals surface area (Å²) in [4.78, 5) is 14.4. The van der Waals surface area contributed by atoms with E-state index in [2.05, 4.69) is 0 Å². The predicted molar refractivity (Wildman–Crippen MR) is 78.5 cm³/mol. The summed E-state index contributed by atoms with van der Waals surface area (Å²) in [6.07, 6.45) is 3.32. The third-order valence-corrected chi connectivity index (χ3v) is 4.40. The molecule has 2 N–H and O–H groups in total. The summed E-state index contributed by atoms with van der Waals surface area (Å²) >= 11 is 5.99. The van der Waals surface area contributed by atoms with Gasteiger partial charge in [-0.05, 0) is 49.9 Å². The van der Waals surface area contributed by atoms with Gasteiger partial charge in [-0.3, -0.25) is 4.79 Å². The lowest BCUT2D eigenvalue weighted by molar-refractivity contribution is 0.0699. The van der Waals surface area contributed by atoms with E-state index in [-0.39, 0.29) is 11.9 Å². The van der Waals surface area contributed by atoms with Crippen molar-refractivity contribution in [1.82, 2.24) is 4.90 Å². The number of benzene rings is 1. The molecule has 2 atom stereocenters. The second kappa shape index (κ2) is 5.93. The van der Waals surface area contributed by atoms with Gasteiger partial charge >= 0.3 is 0 Å². The fourth-order valence-corrected chi connectivity index (χ4v) is 3.14. The van der Waals surface area contributed by atoms with Crippen LogP contribution in [0.5, 0.6) is 0 Å². The molecule has 1 aromatic rings. The fourth-order valence-electron chi connectivity index (χ4n) is 2.97. The van der Waals surface area contributed by atoms with Gasteiger partial charge in [-0.15, -0.1) is 0 Å². The molecule has 0 saturated heterocycles. The molecule has 1 fully saturated rings. The van der Waals surface area contributed by atoms with E-state index in [9.17, 15) is 4.79 Å². The van der Waals surface area contributed by atoms with Gasteiger partial charge in [0, 0.05) is 23.7 Å². The van der Waals surface area contributed by atoms with Gasteiger partial charge < -0.3 is 10.6 Å². The zero-order valence-electron chi connectivity index (χ0n) is 11.5. The summed E-state index contributed by atoms with van der Waals surface area (Å²) in [5.41, 5.74) is 7.45. The van der Waals surface area contributed by atoms with E-state index >= 15 is 0 Å². The Kier molecular flexibility index (Phi) is 4.48. The smallest absolute Gasteiger partial charge is 0.254 e. The molecular formula is C15H21ClN2O. The molecule has 2 rings (SSSR count). The Balaban J connectivity index is 2.21. The highest BCUT2D eigenvalue weighted by Gasteiger charge is 2.32. The van der Waals surface area contributed by atoms with Gasteiger partial charge in [0.2, 0.25) is 0 Å². The van der Waals surface area contributed by atoms with Gasteiger partial charge in [-0.25, -0.2) is 0 Å². The van der Waals surface area contributed by atoms with E-state index in [1.54, 1.807) is 6.07 Å². The van der Waals surface area contributed by atoms with Crippen molar-refractivity contribution in [1.29, 1.82) is 0 Å². The average Bonchev–Trinajstić information content (AvgIpc) is 2.88. The van der Waals surface area contributed by atoms with Crippen LogP contribution >= 0.6 is 11.6 Å². The number of aryl methyl sites for hydroxylation is 1. The van der Waals surface area contributed by atoms with Crippen LogP contribution in [0.4, 0.5) is 0 Å². The Morgan fingerprint density at radius 2 is 2.21 bits per heavy atom. The van der Waals surface area contributed by atoms with Crippen molar-refractivity contribution in [2.45, 2.75) is 32.2 Å². The first-order valence-corrected chi connectivity index (χ1v) is 7.15. The molecular weight excluding hydrogens is 260 g/mol. The third-order valence-electron chi connectivity index (χ3n) is 4.17. The number of halogens is 1. The van der Waals surface area contributed by atoms with Crippen LogP contribution in [0.1, 0.15) is 35.2 Å². The van der Waals surface area contributed by atoms with Gasteiger partial charge in [0.05, 0.1) is 0 Å². The molecule has 19 heavy (non-hydrogen) atoms. The summed E-state index contributed by atoms with van der Waals surface area (Å²) in [5.74, 6) is 0.471. The minimum absolute atomic E-state index is 0.0466. The van der Waals surface area contributed by atoms with Crippen LogP contribution in [0.2, 0.25) is 5.02 Å². The number of rotatable bonds is 3. The number of amides is 1. The normalized spacial score (nSPS) is 22.5. The number of hydrogen-bond donors (Lipinski definition) is 1. The highest BCUT2D eigenvalue weighted by atomic mass is 35.5. The van der Waals surface area contributed by atoms with Crippen LogP contribution < -0.4 is 5.73 Å². The largest absolute Gasteiger partial charge is 0.338 e. The van der Waals surface area contributed by atoms with E-state index < -0.39 is 0 Å². The maximum absolute atomic E-state index is 12.6. The van der Waals surface area contributed by atoms with Crippen LogP contribution in [0.3, 0.4) is 0 Å². The highest BCUT2D eigenvalue weighted by molar-refractivity contribution is 6.31. The van der Waals surface area contributed by atoms with Crippen molar-refractivity contribution in [3.63, 3.8) is 0 Å². The van der Waals surface area contributed by atoms with Gasteiger partial charge in [0.1, 0.15) is 0 Å². The summed E-state index contributed by atoms with van der Waals surface area (Å²) in [5, 5.41) is 0.601. The summed E-state index contributed by atoms with van der Waals surface area (Å²) in [7, 11) is 1.88. The Bertz CT molecular complexity index is 475. The first-order chi connectivity index (χ1) is 9.04. The molecule has 1 saturated carbocycles. The van der Waals surface area contributed by atoms with Crippen molar-refractivity contribution in [3.05, 3.63) is 34.3 Å². The molecule has 0 heterocycles. The summed E-state index contributed by atoms with van der Waals surface area (Å²) < 4.78 is 0. The van der Waals surface area contributed by atoms with Crippen molar-refractivity contribution in [2.24, 2.45) is 11.7 Å². The van der Waals surface area contributed by atoms with E-state index in [1.165, 1.54) is 0 Å². The zero-order chi connectivity index (χ0) is 14.0. The lowest BCUT2D eigenvalue weighted by Crippen LogP contribution is -2.41. The summed E-state index contributed by atoms with van der Waals surface area (Å²) in [6.45, 7) is 2.59. The molecule has 2 unspecified atom stereocenters. The van der Waals surface area contributed by atoms with Crippen LogP contribution in [0.25, 0.3) is 0 Å². The molecule has 1 aliphatic carbocycles. The Labute approximate surface area is 119 Å². The lowest BCUT2D eigenvalue weighted by Gasteiger charge is -2.29. The molecule has 104 valence electrons. The molecule has 1 aromatic carbocycles. The van der Waals surface area contributed by atoms with Crippen LogP contribution in [0.15, 0.2) is 18.2 Å². The van der Waals surface area contributed by atoms with E-state index in [4.69, 9.17) is 17.3 Å². The number of hydrogen-bond acceptors (Lipinski definition) is 2. The average molecular weight is 281 g/mol. The summed E-state index contributed by atoms with van der Waals surface area (Å²) in [6, 6.07) is 5.71. The SMILES string of the molecule is Cc1ccc(Cl)cc1C(=O)N(C)C1CCCC1CN. The number of carbonyl (C=O) groups excluding carboxylic acids is 1. The number of carbonyl (C=O) groups is 1. The minimum atomic E-state index is 0.0466. The van der Waals surface area contributed by atoms with Gasteiger partial charge in [0.25, 0.3) is 5.91 Å². The topological polar surface area (TPSA) is 46.3 Å². The maximum Gasteiger partial charge on any atom is 0.254 e.